The van der Waals surface area contributed by atoms with Gasteiger partial charge >= 0.3 is 0 Å². The summed E-state index contributed by atoms with van der Waals surface area (Å²) in [6.07, 6.45) is 3.75. The molecule has 0 atom stereocenters. The first kappa shape index (κ1) is 16.5. The highest BCUT2D eigenvalue weighted by molar-refractivity contribution is 8.51. The fourth-order valence-electron chi connectivity index (χ4n) is 3.32. The van der Waals surface area contributed by atoms with Gasteiger partial charge in [-0.2, -0.15) is 5.26 Å². The second-order valence-electron chi connectivity index (χ2n) is 6.57. The molecule has 126 valence electrons. The predicted molar refractivity (Wildman–Crippen MR) is 109 cm³/mol. The summed E-state index contributed by atoms with van der Waals surface area (Å²) in [6.45, 7) is 3.95. The number of nitrogens with zero attached hydrogens (tertiary/aromatic N) is 1. The van der Waals surface area contributed by atoms with Crippen LogP contribution in [0.2, 0.25) is 0 Å². The van der Waals surface area contributed by atoms with E-state index >= 15 is 0 Å². The third kappa shape index (κ3) is 3.15. The molecule has 0 aromatic heterocycles. The molecule has 0 unspecified atom stereocenters. The Morgan fingerprint density at radius 1 is 1.12 bits per heavy atom. The molecule has 0 N–H and O–H groups in total. The summed E-state index contributed by atoms with van der Waals surface area (Å²) in [5.74, 6) is 0.668. The van der Waals surface area contributed by atoms with Gasteiger partial charge in [-0.05, 0) is 62.4 Å². The number of aryl methyl sites for hydroxylation is 1. The Labute approximate surface area is 156 Å². The summed E-state index contributed by atoms with van der Waals surface area (Å²) < 4.78 is 8.36. The normalized spacial score (nSPS) is 15.4. The molecule has 1 heterocycles. The first-order valence-corrected chi connectivity index (χ1v) is 10.2. The van der Waals surface area contributed by atoms with E-state index in [1.54, 1.807) is 0 Å². The second kappa shape index (κ2) is 6.74. The number of hydrogen-bond acceptors (Lipinski definition) is 3. The summed E-state index contributed by atoms with van der Waals surface area (Å²) >= 11 is 1.83. The quantitative estimate of drug-likeness (QED) is 0.717. The highest BCUT2D eigenvalue weighted by atomic mass is 32.2. The van der Waals surface area contributed by atoms with E-state index in [1.807, 2.05) is 48.7 Å². The van der Waals surface area contributed by atoms with Crippen LogP contribution >= 0.6 is 22.7 Å². The second-order valence-corrected chi connectivity index (χ2v) is 9.12. The lowest BCUT2D eigenvalue weighted by atomic mass is 10.1. The van der Waals surface area contributed by atoms with Crippen LogP contribution in [0.25, 0.3) is 0 Å². The van der Waals surface area contributed by atoms with E-state index in [0.717, 1.165) is 5.56 Å². The highest BCUT2D eigenvalue weighted by Crippen LogP contribution is 2.36. The molecule has 1 aliphatic carbocycles. The van der Waals surface area contributed by atoms with Crippen molar-refractivity contribution in [3.8, 4) is 11.8 Å². The molecule has 0 spiro atoms. The van der Waals surface area contributed by atoms with Crippen molar-refractivity contribution < 1.29 is 4.74 Å². The zero-order chi connectivity index (χ0) is 17.4. The van der Waals surface area contributed by atoms with Crippen molar-refractivity contribution in [2.24, 2.45) is 0 Å². The zero-order valence-corrected chi connectivity index (χ0v) is 16.0. The molecule has 2 aromatic rings. The van der Waals surface area contributed by atoms with Crippen LogP contribution in [0.5, 0.6) is 5.75 Å². The molecule has 2 nitrogen and oxygen atoms in total. The number of fused-ring (bicyclic) bond motifs is 1. The van der Waals surface area contributed by atoms with E-state index in [4.69, 9.17) is 4.74 Å². The van der Waals surface area contributed by atoms with Gasteiger partial charge in [-0.3, -0.25) is 0 Å². The van der Waals surface area contributed by atoms with Gasteiger partial charge in [-0.15, -0.1) is 10.9 Å². The van der Waals surface area contributed by atoms with Crippen molar-refractivity contribution in [3.05, 3.63) is 64.2 Å². The largest absolute Gasteiger partial charge is 0.490 e. The Balaban J connectivity index is 1.68. The van der Waals surface area contributed by atoms with Crippen LogP contribution in [-0.2, 0) is 12.8 Å². The van der Waals surface area contributed by atoms with E-state index < -0.39 is 0 Å². The molecule has 2 aromatic carbocycles. The molecular weight excluding hydrogens is 346 g/mol. The van der Waals surface area contributed by atoms with Crippen molar-refractivity contribution in [2.75, 3.05) is 0 Å². The Morgan fingerprint density at radius 2 is 1.96 bits per heavy atom. The number of hydrogen-bond donors (Lipinski definition) is 0. The Morgan fingerprint density at radius 3 is 2.72 bits per heavy atom. The van der Waals surface area contributed by atoms with Gasteiger partial charge in [0.05, 0.1) is 20.1 Å². The van der Waals surface area contributed by atoms with Gasteiger partial charge in [0.1, 0.15) is 11.8 Å². The summed E-state index contributed by atoms with van der Waals surface area (Å²) in [5.41, 5.74) is 6.18. The molecule has 0 amide bonds. The van der Waals surface area contributed by atoms with Gasteiger partial charge in [-0.1, -0.05) is 30.0 Å². The van der Waals surface area contributed by atoms with Crippen LogP contribution in [0.3, 0.4) is 0 Å². The smallest absolute Gasteiger partial charge is 0.137 e. The molecule has 1 aliphatic heterocycles. The van der Waals surface area contributed by atoms with E-state index in [9.17, 15) is 5.26 Å². The predicted octanol–water partition coefficient (Wildman–Crippen LogP) is 4.97. The van der Waals surface area contributed by atoms with E-state index in [-0.39, 0.29) is 6.10 Å². The third-order valence-electron chi connectivity index (χ3n) is 4.44. The van der Waals surface area contributed by atoms with Crippen LogP contribution in [-0.4, -0.2) is 14.5 Å². The third-order valence-corrected chi connectivity index (χ3v) is 7.09. The molecular formula is C21H19NOS2. The summed E-state index contributed by atoms with van der Waals surface area (Å²) in [4.78, 5) is 0. The molecule has 2 aliphatic rings. The first-order chi connectivity index (χ1) is 12.2. The van der Waals surface area contributed by atoms with Gasteiger partial charge in [-0.25, -0.2) is 0 Å². The average Bonchev–Trinajstić information content (AvgIpc) is 3.03. The maximum Gasteiger partial charge on any atom is 0.137 e. The van der Waals surface area contributed by atoms with E-state index in [2.05, 4.69) is 30.3 Å². The van der Waals surface area contributed by atoms with Crippen LogP contribution in [0.15, 0.2) is 36.4 Å². The standard InChI is InChI=1S/C21H19NOS2/c1-13(2)23-19-10-9-15(11-16(19)12-22)20-24-21(25-20)18-8-4-6-14-5-3-7-17(14)18/h4,6,8-11,13H,3,5,7H2,1-2H3. The van der Waals surface area contributed by atoms with E-state index in [0.29, 0.717) is 11.3 Å². The number of ether oxygens (including phenoxy) is 1. The molecule has 0 saturated carbocycles. The lowest BCUT2D eigenvalue weighted by Crippen LogP contribution is -2.11. The van der Waals surface area contributed by atoms with Crippen LogP contribution in [0.1, 0.15) is 48.1 Å². The molecule has 4 heteroatoms. The minimum absolute atomic E-state index is 0.0677. The minimum Gasteiger partial charge on any atom is -0.490 e. The minimum atomic E-state index is 0.0677. The lowest BCUT2D eigenvalue weighted by molar-refractivity contribution is 0.241. The Hall–Kier alpha value is -1.96. The van der Waals surface area contributed by atoms with Gasteiger partial charge < -0.3 is 4.74 Å². The molecule has 0 bridgehead atoms. The monoisotopic (exact) mass is 365 g/mol. The number of rotatable bonds is 4. The maximum absolute atomic E-state index is 9.41. The van der Waals surface area contributed by atoms with Crippen molar-refractivity contribution in [1.29, 1.82) is 5.26 Å². The molecule has 0 saturated heterocycles. The van der Waals surface area contributed by atoms with Crippen molar-refractivity contribution in [1.82, 2.24) is 0 Å². The van der Waals surface area contributed by atoms with E-state index in [1.165, 1.54) is 44.3 Å². The van der Waals surface area contributed by atoms with Crippen molar-refractivity contribution in [3.63, 3.8) is 0 Å². The van der Waals surface area contributed by atoms with Gasteiger partial charge in [0, 0.05) is 11.1 Å². The number of benzene rings is 2. The van der Waals surface area contributed by atoms with Crippen molar-refractivity contribution in [2.45, 2.75) is 39.2 Å². The zero-order valence-electron chi connectivity index (χ0n) is 14.3. The SMILES string of the molecule is CC(C)Oc1ccc(C2=S=C(c3cccc4c3CCC4)S2)cc1C#N. The van der Waals surface area contributed by atoms with Crippen LogP contribution < -0.4 is 4.74 Å². The molecule has 0 radical (unpaired) electrons. The van der Waals surface area contributed by atoms with Gasteiger partial charge in [0.25, 0.3) is 0 Å². The highest BCUT2D eigenvalue weighted by Gasteiger charge is 2.23. The van der Waals surface area contributed by atoms with Crippen LogP contribution in [0, 0.1) is 11.3 Å². The Kier molecular flexibility index (Phi) is 4.45. The molecule has 25 heavy (non-hydrogen) atoms. The van der Waals surface area contributed by atoms with Crippen molar-refractivity contribution >= 4 is 31.1 Å². The average molecular weight is 366 g/mol. The summed E-state index contributed by atoms with van der Waals surface area (Å²) in [6, 6.07) is 14.9. The maximum atomic E-state index is 9.41. The molecule has 0 fully saturated rings. The fourth-order valence-corrected chi connectivity index (χ4v) is 5.51. The lowest BCUT2D eigenvalue weighted by Gasteiger charge is -2.18. The summed E-state index contributed by atoms with van der Waals surface area (Å²) in [7, 11) is 1.83. The fraction of sp³-hybridized carbons (Fsp3) is 0.286. The number of nitriles is 1. The summed E-state index contributed by atoms with van der Waals surface area (Å²) in [5, 5.41) is 9.41. The first-order valence-electron chi connectivity index (χ1n) is 8.57. The number of thioether (sulfide) groups is 1. The van der Waals surface area contributed by atoms with Gasteiger partial charge in [0.15, 0.2) is 0 Å². The topological polar surface area (TPSA) is 33.0 Å². The Bertz CT molecular complexity index is 962. The van der Waals surface area contributed by atoms with Crippen LogP contribution in [0.4, 0.5) is 0 Å². The van der Waals surface area contributed by atoms with Gasteiger partial charge in [0.2, 0.25) is 0 Å². The molecule has 4 rings (SSSR count).